The van der Waals surface area contributed by atoms with Crippen LogP contribution in [0, 0.1) is 0 Å². The number of esters is 3. The number of ketones is 1. The fourth-order valence-corrected chi connectivity index (χ4v) is 16.3. The number of methoxy groups -OCH3 is 1. The molecule has 576 valence electrons. The van der Waals surface area contributed by atoms with Gasteiger partial charge in [0.05, 0.1) is 46.1 Å². The van der Waals surface area contributed by atoms with Gasteiger partial charge in [-0.15, -0.1) is 23.5 Å². The summed E-state index contributed by atoms with van der Waals surface area (Å²) in [4.78, 5) is 91.6. The molecule has 4 aromatic rings. The molecule has 10 N–H and O–H groups in total. The number of hydrogen-bond donors (Lipinski definition) is 10. The second-order valence-corrected chi connectivity index (χ2v) is 33.5. The molecule has 2 aliphatic heterocycles. The molecule has 4 saturated carbocycles. The van der Waals surface area contributed by atoms with Crippen molar-refractivity contribution < 1.29 is 74.0 Å². The fraction of sp³-hybridized carbons (Fsp3) is 0.622. The Morgan fingerprint density at radius 3 is 1.05 bits per heavy atom. The molecule has 2 unspecified atom stereocenters. The van der Waals surface area contributed by atoms with Gasteiger partial charge in [-0.25, -0.2) is 14.4 Å². The monoisotopic (exact) mass is 1640 g/mol. The number of nitrogens with zero attached hydrogens (tertiary/aromatic N) is 2. The van der Waals surface area contributed by atoms with Crippen LogP contribution in [0.25, 0.3) is 0 Å². The predicted molar refractivity (Wildman–Crippen MR) is 405 cm³/mol. The average molecular weight is 1640 g/mol. The van der Waals surface area contributed by atoms with Crippen LogP contribution in [0.2, 0.25) is 0 Å². The van der Waals surface area contributed by atoms with Gasteiger partial charge in [-0.3, -0.25) is 24.4 Å². The zero-order chi connectivity index (χ0) is 73.7. The Labute approximate surface area is 652 Å². The van der Waals surface area contributed by atoms with E-state index in [2.05, 4.69) is 77.4 Å². The molecule has 30 heteroatoms. The van der Waals surface area contributed by atoms with E-state index in [9.17, 15) is 28.8 Å². The number of carbonyl (C=O) groups excluding carboxylic acids is 6. The van der Waals surface area contributed by atoms with Crippen LogP contribution < -0.4 is 53.2 Å². The Kier molecular flexibility index (Phi) is 40.3. The minimum absolute atomic E-state index is 0.00694. The van der Waals surface area contributed by atoms with Crippen molar-refractivity contribution in [3.63, 3.8) is 0 Å². The zero-order valence-electron chi connectivity index (χ0n) is 59.8. The van der Waals surface area contributed by atoms with Gasteiger partial charge in [-0.2, -0.15) is 0 Å². The number of aromatic nitrogens is 2. The Bertz CT molecular complexity index is 3180. The van der Waals surface area contributed by atoms with Gasteiger partial charge in [0.15, 0.2) is 5.78 Å². The molecule has 2 amide bonds. The topological polar surface area (TPSA) is 285 Å². The van der Waals surface area contributed by atoms with E-state index in [0.717, 1.165) is 97.3 Å². The second-order valence-electron chi connectivity index (χ2n) is 27.3. The van der Waals surface area contributed by atoms with Crippen LogP contribution in [0.1, 0.15) is 200 Å². The SMILES string of the molecule is COCC(CCC(=O)NCCSc1cc2nc(c1)CN[C@@H]1CCCC[C@H]1NCCN[C@@H]1CCCC[C@H]1NC2)OC(=O)c1ccc(C(=O)OC(CCC(=O)NCCSc2cc3nc(c2)CN[C@@H]2CCCC[C@H]2NCCN[C@@H]2CCCC[C@H]2NC3)COC(=O)c2ccc(C(C)=O)cc2)cc1.[Cl][Mn][Cl].[Cl][Mn][Cl]. The van der Waals surface area contributed by atoms with Crippen molar-refractivity contribution in [3.8, 4) is 0 Å². The van der Waals surface area contributed by atoms with Gasteiger partial charge in [0.1, 0.15) is 18.8 Å². The van der Waals surface area contributed by atoms with Crippen molar-refractivity contribution in [1.29, 1.82) is 0 Å². The van der Waals surface area contributed by atoms with E-state index in [1.54, 1.807) is 23.5 Å². The summed E-state index contributed by atoms with van der Waals surface area (Å²) in [6, 6.07) is 23.8. The van der Waals surface area contributed by atoms with Gasteiger partial charge in [0.2, 0.25) is 11.8 Å². The van der Waals surface area contributed by atoms with Crippen molar-refractivity contribution in [2.45, 2.75) is 232 Å². The quantitative estimate of drug-likeness (QED) is 0.00779. The van der Waals surface area contributed by atoms with Crippen LogP contribution in [0.5, 0.6) is 0 Å². The first-order valence-electron chi connectivity index (χ1n) is 36.9. The first-order chi connectivity index (χ1) is 50.7. The Morgan fingerprint density at radius 2 is 0.740 bits per heavy atom. The van der Waals surface area contributed by atoms with E-state index in [-0.39, 0.29) is 99.5 Å². The van der Waals surface area contributed by atoms with Crippen LogP contribution in [0.4, 0.5) is 0 Å². The first-order valence-corrected chi connectivity index (χ1v) is 45.4. The molecular weight excluding hydrogens is 1530 g/mol. The number of halogens is 4. The summed E-state index contributed by atoms with van der Waals surface area (Å²) in [5.74, 6) is -1.42. The van der Waals surface area contributed by atoms with Gasteiger partial charge in [-0.1, -0.05) is 63.5 Å². The molecular formula is C74H106Cl4Mn2N12O10S2. The van der Waals surface area contributed by atoms with Crippen LogP contribution in [-0.4, -0.2) is 177 Å². The third-order valence-corrected chi connectivity index (χ3v) is 21.8. The van der Waals surface area contributed by atoms with Crippen molar-refractivity contribution in [1.82, 2.24) is 63.1 Å². The molecule has 4 fully saturated rings. The average Bonchev–Trinajstić information content (AvgIpc) is 1.37. The molecule has 104 heavy (non-hydrogen) atoms. The number of thioether (sulfide) groups is 2. The molecule has 2 aromatic carbocycles. The zero-order valence-corrected chi connectivity index (χ0v) is 66.8. The molecule has 6 aliphatic rings. The maximum atomic E-state index is 13.8. The molecule has 22 nitrogen and oxygen atoms in total. The van der Waals surface area contributed by atoms with Gasteiger partial charge in [0.25, 0.3) is 0 Å². The normalized spacial score (nSPS) is 23.0. The van der Waals surface area contributed by atoms with E-state index < -0.39 is 30.1 Å². The third-order valence-electron chi connectivity index (χ3n) is 19.9. The maximum absolute atomic E-state index is 13.8. The number of pyridine rings is 2. The molecule has 2 aromatic heterocycles. The standard InChI is InChI=1S/C74H106N12O10S2.4ClH.2Mn/c1-49(87)50-19-21-51(22-20-50)72(90)94-48-59(28-30-71(89)80-36-38-98-61-41-56-45-83-68-17-9-5-13-64(68)77-33-34-78-65-14-6-10-18-69(65)84-46-57(42-61)86-56)96-74(92)53-25-23-52(24-26-53)73(91)95-58(47-93-2)27-29-70(88)79-35-37-97-60-39-54-43-81-66-15-7-3-11-62(66)75-31-32-76-63-12-4-8-16-67(63)82-44-55(40-60)85-54;;;;;;/h19-26,39-42,58-59,62-69,75-78,81-84H,3-18,27-38,43-48H2,1-2H3,(H,79,88)(H,80,89);4*1H;;/q;;;;;2*+2/p-4/t58?,59?,62-,63-,64-,65-,66-,67-,68-,69-;;;;;;/m1....../s1. The van der Waals surface area contributed by atoms with Crippen molar-refractivity contribution >= 4 is 99.4 Å². The van der Waals surface area contributed by atoms with Crippen LogP contribution in [0.3, 0.4) is 0 Å². The summed E-state index contributed by atoms with van der Waals surface area (Å²) in [6.07, 6.45) is 17.7. The van der Waals surface area contributed by atoms with Crippen molar-refractivity contribution in [3.05, 3.63) is 118 Å². The summed E-state index contributed by atoms with van der Waals surface area (Å²) in [7, 11) is 20.7. The van der Waals surface area contributed by atoms with E-state index in [1.807, 2.05) is 0 Å². The molecule has 4 heterocycles. The number of nitrogens with one attached hydrogen (secondary N) is 10. The summed E-state index contributed by atoms with van der Waals surface area (Å²) in [6.45, 7) is 8.56. The number of benzene rings is 2. The molecule has 4 aliphatic carbocycles. The van der Waals surface area contributed by atoms with Gasteiger partial charge in [0, 0.05) is 161 Å². The van der Waals surface area contributed by atoms with Gasteiger partial charge < -0.3 is 72.1 Å². The predicted octanol–water partition coefficient (Wildman–Crippen LogP) is 10.4. The second kappa shape index (κ2) is 48.7. The van der Waals surface area contributed by atoms with E-state index in [1.165, 1.54) is 127 Å². The van der Waals surface area contributed by atoms with E-state index in [4.69, 9.17) is 69.3 Å². The molecule has 10 rings (SSSR count). The minimum atomic E-state index is -1.02. The first kappa shape index (κ1) is 85.9. The van der Waals surface area contributed by atoms with Gasteiger partial charge in [-0.05, 0) is 132 Å². The van der Waals surface area contributed by atoms with Crippen LogP contribution in [0.15, 0.2) is 82.6 Å². The number of carbonyl (C=O) groups is 6. The Hall–Kier alpha value is -3.70. The summed E-state index contributed by atoms with van der Waals surface area (Å²) >= 11 is 3.37. The molecule has 0 saturated heterocycles. The number of fused-ring (bicyclic) bond motifs is 8. The number of ether oxygens (including phenoxy) is 4. The van der Waals surface area contributed by atoms with E-state index >= 15 is 0 Å². The number of amides is 2. The summed E-state index contributed by atoms with van der Waals surface area (Å²) < 4.78 is 22.8. The Balaban J connectivity index is 0.00000220. The Morgan fingerprint density at radius 1 is 0.452 bits per heavy atom. The van der Waals surface area contributed by atoms with Gasteiger partial charge >= 0.3 is 84.6 Å². The molecule has 0 spiro atoms. The fourth-order valence-electron chi connectivity index (χ4n) is 14.5. The molecule has 4 bridgehead atoms. The summed E-state index contributed by atoms with van der Waals surface area (Å²) in [5, 5.41) is 36.9. The van der Waals surface area contributed by atoms with Crippen LogP contribution >= 0.6 is 63.9 Å². The number of Topliss-reactive ketones (excluding diaryl/α,β-unsaturated/α-hetero) is 1. The number of hydrogen-bond acceptors (Lipinski definition) is 22. The number of rotatable bonds is 24. The molecule has 10 atom stereocenters. The van der Waals surface area contributed by atoms with Crippen molar-refractivity contribution in [2.24, 2.45) is 0 Å². The van der Waals surface area contributed by atoms with E-state index in [0.29, 0.717) is 105 Å². The third kappa shape index (κ3) is 30.6. The van der Waals surface area contributed by atoms with Crippen LogP contribution in [-0.2, 0) is 81.0 Å². The summed E-state index contributed by atoms with van der Waals surface area (Å²) in [5.41, 5.74) is 4.96. The molecule has 0 radical (unpaired) electrons. The van der Waals surface area contributed by atoms with Crippen molar-refractivity contribution in [2.75, 3.05) is 71.1 Å².